The van der Waals surface area contributed by atoms with E-state index in [-0.39, 0.29) is 0 Å². The number of rotatable bonds is 7. The Balaban J connectivity index is 1.47. The first-order chi connectivity index (χ1) is 8.36. The van der Waals surface area contributed by atoms with Crippen LogP contribution in [-0.4, -0.2) is 36.6 Å². The van der Waals surface area contributed by atoms with Gasteiger partial charge in [0.05, 0.1) is 6.54 Å². The molecule has 17 heavy (non-hydrogen) atoms. The summed E-state index contributed by atoms with van der Waals surface area (Å²) in [7, 11) is 0. The maximum Gasteiger partial charge on any atom is 0.0601 e. The van der Waals surface area contributed by atoms with Gasteiger partial charge in [-0.1, -0.05) is 5.92 Å². The Labute approximate surface area is 105 Å². The van der Waals surface area contributed by atoms with Crippen molar-refractivity contribution in [2.45, 2.75) is 50.6 Å². The monoisotopic (exact) mass is 232 g/mol. The van der Waals surface area contributed by atoms with Crippen molar-refractivity contribution in [3.8, 4) is 12.3 Å². The molecule has 0 aromatic carbocycles. The quantitative estimate of drug-likeness (QED) is 0.674. The minimum absolute atomic E-state index is 0.776. The van der Waals surface area contributed by atoms with Gasteiger partial charge in [0.15, 0.2) is 0 Å². The third-order valence-corrected chi connectivity index (χ3v) is 4.58. The van der Waals surface area contributed by atoms with Gasteiger partial charge in [0, 0.05) is 18.6 Å². The van der Waals surface area contributed by atoms with Crippen LogP contribution in [-0.2, 0) is 0 Å². The molecule has 3 saturated carbocycles. The summed E-state index contributed by atoms with van der Waals surface area (Å²) in [6.45, 7) is 3.34. The van der Waals surface area contributed by atoms with E-state index in [1.54, 1.807) is 0 Å². The van der Waals surface area contributed by atoms with E-state index in [1.165, 1.54) is 51.6 Å². The summed E-state index contributed by atoms with van der Waals surface area (Å²) < 4.78 is 0. The molecule has 3 aliphatic carbocycles. The molecule has 94 valence electrons. The highest BCUT2D eigenvalue weighted by atomic mass is 15.2. The smallest absolute Gasteiger partial charge is 0.0601 e. The van der Waals surface area contributed by atoms with Crippen LogP contribution in [0.25, 0.3) is 0 Å². The summed E-state index contributed by atoms with van der Waals surface area (Å²) in [5, 5.41) is 3.68. The fourth-order valence-corrected chi connectivity index (χ4v) is 2.94. The van der Waals surface area contributed by atoms with Crippen molar-refractivity contribution in [3.05, 3.63) is 0 Å². The van der Waals surface area contributed by atoms with E-state index in [4.69, 9.17) is 6.42 Å². The third-order valence-electron chi connectivity index (χ3n) is 4.58. The first kappa shape index (κ1) is 11.6. The summed E-state index contributed by atoms with van der Waals surface area (Å²) in [6, 6.07) is 1.62. The summed E-state index contributed by atoms with van der Waals surface area (Å²) in [4.78, 5) is 2.58. The van der Waals surface area contributed by atoms with Crippen molar-refractivity contribution in [2.75, 3.05) is 19.6 Å². The number of hydrogen-bond donors (Lipinski definition) is 1. The molecule has 0 spiro atoms. The number of nitrogens with zero attached hydrogens (tertiary/aromatic N) is 1. The van der Waals surface area contributed by atoms with E-state index >= 15 is 0 Å². The molecule has 0 bridgehead atoms. The van der Waals surface area contributed by atoms with Crippen LogP contribution in [0.15, 0.2) is 0 Å². The molecule has 3 aliphatic rings. The van der Waals surface area contributed by atoms with Crippen molar-refractivity contribution in [2.24, 2.45) is 11.8 Å². The Kier molecular flexibility index (Phi) is 3.40. The molecule has 3 fully saturated rings. The second-order valence-electron chi connectivity index (χ2n) is 6.16. The van der Waals surface area contributed by atoms with Crippen LogP contribution in [0.3, 0.4) is 0 Å². The predicted octanol–water partition coefficient (Wildman–Crippen LogP) is 1.86. The number of nitrogens with one attached hydrogen (secondary N) is 1. The number of terminal acetylenes is 1. The maximum absolute atomic E-state index is 5.51. The molecule has 0 radical (unpaired) electrons. The van der Waals surface area contributed by atoms with Gasteiger partial charge in [0.25, 0.3) is 0 Å². The van der Waals surface area contributed by atoms with Crippen molar-refractivity contribution in [1.82, 2.24) is 10.2 Å². The van der Waals surface area contributed by atoms with Crippen LogP contribution in [0.1, 0.15) is 38.5 Å². The van der Waals surface area contributed by atoms with Gasteiger partial charge in [-0.2, -0.15) is 0 Å². The molecule has 2 atom stereocenters. The average molecular weight is 232 g/mol. The molecule has 0 amide bonds. The zero-order valence-electron chi connectivity index (χ0n) is 10.7. The van der Waals surface area contributed by atoms with Crippen molar-refractivity contribution >= 4 is 0 Å². The van der Waals surface area contributed by atoms with E-state index in [1.807, 2.05) is 0 Å². The Hall–Kier alpha value is -0.520. The van der Waals surface area contributed by atoms with Crippen LogP contribution >= 0.6 is 0 Å². The van der Waals surface area contributed by atoms with E-state index in [2.05, 4.69) is 16.1 Å². The van der Waals surface area contributed by atoms with Crippen LogP contribution in [0, 0.1) is 24.2 Å². The van der Waals surface area contributed by atoms with Crippen molar-refractivity contribution in [3.63, 3.8) is 0 Å². The highest BCUT2D eigenvalue weighted by molar-refractivity contribution is 4.98. The molecule has 0 aliphatic heterocycles. The lowest BCUT2D eigenvalue weighted by molar-refractivity contribution is 0.0690. The van der Waals surface area contributed by atoms with E-state index in [0.717, 1.165) is 30.5 Å². The lowest BCUT2D eigenvalue weighted by Gasteiger charge is -2.44. The Morgan fingerprint density at radius 1 is 1.12 bits per heavy atom. The predicted molar refractivity (Wildman–Crippen MR) is 70.7 cm³/mol. The lowest BCUT2D eigenvalue weighted by atomic mass is 9.78. The molecular weight excluding hydrogens is 208 g/mol. The molecule has 0 aromatic rings. The third kappa shape index (κ3) is 3.03. The minimum atomic E-state index is 0.776. The van der Waals surface area contributed by atoms with Crippen molar-refractivity contribution in [1.29, 1.82) is 0 Å². The highest BCUT2D eigenvalue weighted by Crippen LogP contribution is 2.36. The molecule has 3 rings (SSSR count). The lowest BCUT2D eigenvalue weighted by Crippen LogP contribution is -2.51. The molecule has 0 aromatic heterocycles. The van der Waals surface area contributed by atoms with Crippen LogP contribution in [0.4, 0.5) is 0 Å². The van der Waals surface area contributed by atoms with Crippen molar-refractivity contribution < 1.29 is 0 Å². The minimum Gasteiger partial charge on any atom is -0.314 e. The average Bonchev–Trinajstić information content (AvgIpc) is 3.11. The Morgan fingerprint density at radius 3 is 2.47 bits per heavy atom. The molecule has 2 heteroatoms. The first-order valence-corrected chi connectivity index (χ1v) is 7.27. The summed E-state index contributed by atoms with van der Waals surface area (Å²) in [6.07, 6.45) is 13.9. The molecule has 2 nitrogen and oxygen atoms in total. The zero-order valence-corrected chi connectivity index (χ0v) is 10.7. The van der Waals surface area contributed by atoms with Crippen LogP contribution in [0.2, 0.25) is 0 Å². The SMILES string of the molecule is C#CCN(CC1CC1)C1CCC1CNC1CC1. The fourth-order valence-electron chi connectivity index (χ4n) is 2.94. The van der Waals surface area contributed by atoms with Gasteiger partial charge in [-0.15, -0.1) is 6.42 Å². The fraction of sp³-hybridized carbons (Fsp3) is 0.867. The second-order valence-corrected chi connectivity index (χ2v) is 6.16. The molecule has 0 heterocycles. The van der Waals surface area contributed by atoms with Gasteiger partial charge in [-0.25, -0.2) is 0 Å². The zero-order chi connectivity index (χ0) is 11.7. The van der Waals surface area contributed by atoms with Gasteiger partial charge in [0.2, 0.25) is 0 Å². The Bertz CT molecular complexity index is 299. The normalized spacial score (nSPS) is 32.2. The van der Waals surface area contributed by atoms with Gasteiger partial charge >= 0.3 is 0 Å². The van der Waals surface area contributed by atoms with E-state index in [9.17, 15) is 0 Å². The summed E-state index contributed by atoms with van der Waals surface area (Å²) in [5.41, 5.74) is 0. The Morgan fingerprint density at radius 2 is 1.94 bits per heavy atom. The van der Waals surface area contributed by atoms with Crippen LogP contribution in [0.5, 0.6) is 0 Å². The molecule has 2 unspecified atom stereocenters. The molecular formula is C15H24N2. The standard InChI is InChI=1S/C15H24N2/c1-2-9-17(11-12-3-4-12)15-8-5-13(15)10-16-14-6-7-14/h1,12-16H,3-11H2. The second kappa shape index (κ2) is 5.00. The van der Waals surface area contributed by atoms with E-state index in [0.29, 0.717) is 0 Å². The summed E-state index contributed by atoms with van der Waals surface area (Å²) >= 11 is 0. The van der Waals surface area contributed by atoms with E-state index < -0.39 is 0 Å². The van der Waals surface area contributed by atoms with Gasteiger partial charge < -0.3 is 5.32 Å². The van der Waals surface area contributed by atoms with Gasteiger partial charge in [-0.05, 0) is 56.9 Å². The first-order valence-electron chi connectivity index (χ1n) is 7.27. The summed E-state index contributed by atoms with van der Waals surface area (Å²) in [5.74, 6) is 4.68. The van der Waals surface area contributed by atoms with Gasteiger partial charge in [0.1, 0.15) is 0 Å². The maximum atomic E-state index is 5.51. The van der Waals surface area contributed by atoms with Gasteiger partial charge in [-0.3, -0.25) is 4.90 Å². The number of hydrogen-bond acceptors (Lipinski definition) is 2. The van der Waals surface area contributed by atoms with Crippen LogP contribution < -0.4 is 5.32 Å². The topological polar surface area (TPSA) is 15.3 Å². The molecule has 0 saturated heterocycles. The molecule has 1 N–H and O–H groups in total. The highest BCUT2D eigenvalue weighted by Gasteiger charge is 2.38. The largest absolute Gasteiger partial charge is 0.314 e.